The second-order valence-corrected chi connectivity index (χ2v) is 3.70. The molecule has 0 aromatic rings. The molecule has 10 heavy (non-hydrogen) atoms. The lowest BCUT2D eigenvalue weighted by atomic mass is 10.4. The molecule has 5 heteroatoms. The molecule has 60 valence electrons. The molecule has 0 saturated carbocycles. The minimum atomic E-state index is -1.07. The summed E-state index contributed by atoms with van der Waals surface area (Å²) >= 11 is 0. The first-order valence-electron chi connectivity index (χ1n) is 3.21. The molecule has 4 nitrogen and oxygen atoms in total. The van der Waals surface area contributed by atoms with Crippen molar-refractivity contribution in [3.05, 3.63) is 0 Å². The van der Waals surface area contributed by atoms with E-state index in [0.29, 0.717) is 12.3 Å². The second kappa shape index (κ2) is 3.43. The molecule has 0 aromatic carbocycles. The largest absolute Gasteiger partial charge is 0.389 e. The van der Waals surface area contributed by atoms with Gasteiger partial charge in [-0.25, -0.2) is 4.21 Å². The SMILES string of the molecule is CCS(=O)N1CC(O)CO1. The molecule has 1 rings (SSSR count). The van der Waals surface area contributed by atoms with Crippen molar-refractivity contribution < 1.29 is 14.2 Å². The van der Waals surface area contributed by atoms with Gasteiger partial charge in [-0.15, -0.1) is 4.47 Å². The zero-order chi connectivity index (χ0) is 7.56. The van der Waals surface area contributed by atoms with Gasteiger partial charge in [0.1, 0.15) is 11.0 Å². The van der Waals surface area contributed by atoms with Gasteiger partial charge in [0.2, 0.25) is 0 Å². The van der Waals surface area contributed by atoms with Gasteiger partial charge in [0.05, 0.1) is 19.3 Å². The average Bonchev–Trinajstić information content (AvgIpc) is 2.34. The summed E-state index contributed by atoms with van der Waals surface area (Å²) in [5.74, 6) is 0.534. The number of aliphatic hydroxyl groups excluding tert-OH is 1. The normalized spacial score (nSPS) is 30.8. The minimum Gasteiger partial charge on any atom is -0.389 e. The maximum Gasteiger partial charge on any atom is 0.118 e. The van der Waals surface area contributed by atoms with Gasteiger partial charge < -0.3 is 5.11 Å². The fourth-order valence-electron chi connectivity index (χ4n) is 0.733. The Labute approximate surface area is 62.3 Å². The van der Waals surface area contributed by atoms with Crippen molar-refractivity contribution in [3.63, 3.8) is 0 Å². The first-order chi connectivity index (χ1) is 4.74. The van der Waals surface area contributed by atoms with E-state index in [4.69, 9.17) is 9.94 Å². The molecule has 0 aliphatic carbocycles. The van der Waals surface area contributed by atoms with E-state index in [2.05, 4.69) is 0 Å². The molecule has 1 heterocycles. The lowest BCUT2D eigenvalue weighted by Crippen LogP contribution is -2.24. The van der Waals surface area contributed by atoms with Gasteiger partial charge in [0, 0.05) is 5.75 Å². The monoisotopic (exact) mass is 165 g/mol. The van der Waals surface area contributed by atoms with Gasteiger partial charge in [-0.3, -0.25) is 4.84 Å². The van der Waals surface area contributed by atoms with E-state index in [9.17, 15) is 4.21 Å². The van der Waals surface area contributed by atoms with Crippen molar-refractivity contribution in [2.24, 2.45) is 0 Å². The molecule has 1 aliphatic rings. The quantitative estimate of drug-likeness (QED) is 0.587. The second-order valence-electron chi connectivity index (χ2n) is 2.08. The molecule has 2 unspecified atom stereocenters. The Hall–Kier alpha value is 0.0300. The number of nitrogens with zero attached hydrogens (tertiary/aromatic N) is 1. The highest BCUT2D eigenvalue weighted by Crippen LogP contribution is 2.07. The summed E-state index contributed by atoms with van der Waals surface area (Å²) in [6, 6.07) is 0. The molecule has 0 radical (unpaired) electrons. The molecular weight excluding hydrogens is 154 g/mol. The molecule has 0 spiro atoms. The van der Waals surface area contributed by atoms with Gasteiger partial charge >= 0.3 is 0 Å². The van der Waals surface area contributed by atoms with Crippen LogP contribution in [0.15, 0.2) is 0 Å². The maximum atomic E-state index is 11.0. The first kappa shape index (κ1) is 8.13. The van der Waals surface area contributed by atoms with Crippen LogP contribution in [-0.2, 0) is 15.8 Å². The lowest BCUT2D eigenvalue weighted by Gasteiger charge is -2.09. The highest BCUT2D eigenvalue weighted by atomic mass is 32.2. The van der Waals surface area contributed by atoms with Crippen LogP contribution in [-0.4, -0.2) is 38.8 Å². The van der Waals surface area contributed by atoms with Crippen LogP contribution < -0.4 is 0 Å². The smallest absolute Gasteiger partial charge is 0.118 e. The van der Waals surface area contributed by atoms with Crippen molar-refractivity contribution in [3.8, 4) is 0 Å². The fraction of sp³-hybridized carbons (Fsp3) is 1.00. The zero-order valence-corrected chi connectivity index (χ0v) is 6.63. The minimum absolute atomic E-state index is 0.270. The van der Waals surface area contributed by atoms with Crippen LogP contribution in [0.1, 0.15) is 6.92 Å². The number of hydrogen-bond acceptors (Lipinski definition) is 3. The Morgan fingerprint density at radius 1 is 1.90 bits per heavy atom. The van der Waals surface area contributed by atoms with Gasteiger partial charge in [-0.1, -0.05) is 6.92 Å². The molecule has 0 bridgehead atoms. The van der Waals surface area contributed by atoms with Crippen molar-refractivity contribution in [1.29, 1.82) is 0 Å². The van der Waals surface area contributed by atoms with Crippen LogP contribution in [0.25, 0.3) is 0 Å². The molecule has 1 N–H and O–H groups in total. The van der Waals surface area contributed by atoms with Gasteiger partial charge in [0.25, 0.3) is 0 Å². The summed E-state index contributed by atoms with van der Waals surface area (Å²) in [7, 11) is -1.07. The standard InChI is InChI=1S/C5H11NO3S/c1-2-10(8)6-3-5(7)4-9-6/h5,7H,2-4H2,1H3. The summed E-state index contributed by atoms with van der Waals surface area (Å²) in [6.45, 7) is 2.44. The van der Waals surface area contributed by atoms with Crippen LogP contribution in [0.5, 0.6) is 0 Å². The summed E-state index contributed by atoms with van der Waals surface area (Å²) in [5, 5.41) is 8.94. The summed E-state index contributed by atoms with van der Waals surface area (Å²) in [6.07, 6.45) is -0.476. The number of aliphatic hydroxyl groups is 1. The third kappa shape index (κ3) is 1.76. The molecule has 0 aromatic heterocycles. The maximum absolute atomic E-state index is 11.0. The van der Waals surface area contributed by atoms with Gasteiger partial charge in [-0.2, -0.15) is 0 Å². The number of hydrogen-bond donors (Lipinski definition) is 1. The summed E-state index contributed by atoms with van der Waals surface area (Å²) < 4.78 is 12.3. The fourth-order valence-corrected chi connectivity index (χ4v) is 1.54. The lowest BCUT2D eigenvalue weighted by molar-refractivity contribution is -0.0266. The third-order valence-corrected chi connectivity index (χ3v) is 2.45. The first-order valence-corrected chi connectivity index (χ1v) is 4.48. The summed E-state index contributed by atoms with van der Waals surface area (Å²) in [4.78, 5) is 4.90. The molecule has 1 fully saturated rings. The molecular formula is C5H11NO3S. The topological polar surface area (TPSA) is 49.8 Å². The summed E-state index contributed by atoms with van der Waals surface area (Å²) in [5.41, 5.74) is 0. The molecule has 0 amide bonds. The highest BCUT2D eigenvalue weighted by molar-refractivity contribution is 7.82. The Bertz CT molecular complexity index is 141. The predicted octanol–water partition coefficient (Wildman–Crippen LogP) is -0.722. The van der Waals surface area contributed by atoms with Crippen LogP contribution in [0.4, 0.5) is 0 Å². The zero-order valence-electron chi connectivity index (χ0n) is 5.82. The van der Waals surface area contributed by atoms with Crippen molar-refractivity contribution >= 4 is 11.0 Å². The van der Waals surface area contributed by atoms with Crippen molar-refractivity contribution in [2.45, 2.75) is 13.0 Å². The predicted molar refractivity (Wildman–Crippen MR) is 37.3 cm³/mol. The Kier molecular flexibility index (Phi) is 2.79. The third-order valence-electron chi connectivity index (χ3n) is 1.24. The number of rotatable bonds is 2. The number of β-amino-alcohol motifs (C(OH)–C–C–N with tert-alkyl or cyclic N) is 1. The van der Waals surface area contributed by atoms with E-state index >= 15 is 0 Å². The van der Waals surface area contributed by atoms with Crippen molar-refractivity contribution in [1.82, 2.24) is 4.47 Å². The Morgan fingerprint density at radius 3 is 3.00 bits per heavy atom. The molecule has 2 atom stereocenters. The van der Waals surface area contributed by atoms with E-state index in [1.807, 2.05) is 6.92 Å². The van der Waals surface area contributed by atoms with Gasteiger partial charge in [-0.05, 0) is 0 Å². The van der Waals surface area contributed by atoms with Crippen molar-refractivity contribution in [2.75, 3.05) is 18.9 Å². The highest BCUT2D eigenvalue weighted by Gasteiger charge is 2.24. The van der Waals surface area contributed by atoms with E-state index in [1.165, 1.54) is 4.47 Å². The van der Waals surface area contributed by atoms with Crippen LogP contribution in [0.3, 0.4) is 0 Å². The van der Waals surface area contributed by atoms with E-state index in [-0.39, 0.29) is 6.61 Å². The number of hydroxylamine groups is 1. The average molecular weight is 165 g/mol. The Morgan fingerprint density at radius 2 is 2.60 bits per heavy atom. The van der Waals surface area contributed by atoms with E-state index in [1.54, 1.807) is 0 Å². The Balaban J connectivity index is 2.37. The van der Waals surface area contributed by atoms with Crippen LogP contribution in [0, 0.1) is 0 Å². The molecule has 1 saturated heterocycles. The van der Waals surface area contributed by atoms with Crippen LogP contribution in [0.2, 0.25) is 0 Å². The van der Waals surface area contributed by atoms with E-state index < -0.39 is 17.1 Å². The molecule has 1 aliphatic heterocycles. The van der Waals surface area contributed by atoms with Gasteiger partial charge in [0.15, 0.2) is 0 Å². The van der Waals surface area contributed by atoms with E-state index in [0.717, 1.165) is 0 Å². The van der Waals surface area contributed by atoms with Crippen LogP contribution >= 0.6 is 0 Å².